The minimum absolute atomic E-state index is 0.0278. The molecule has 1 amide bonds. The van der Waals surface area contributed by atoms with Gasteiger partial charge in [-0.05, 0) is 37.0 Å². The number of aliphatic hydroxyl groups is 1. The Morgan fingerprint density at radius 3 is 2.88 bits per heavy atom. The van der Waals surface area contributed by atoms with Gasteiger partial charge in [-0.3, -0.25) is 4.79 Å². The van der Waals surface area contributed by atoms with Gasteiger partial charge < -0.3 is 15.7 Å². The number of carbonyl (C=O) groups excluding carboxylic acids is 1. The van der Waals surface area contributed by atoms with Crippen molar-refractivity contribution >= 4 is 21.6 Å². The normalized spacial score (nSPS) is 23.8. The van der Waals surface area contributed by atoms with Gasteiger partial charge in [0.1, 0.15) is 0 Å². The maximum Gasteiger partial charge on any atom is 0.243 e. The molecular weight excluding hydrogens is 342 g/mol. The maximum atomic E-state index is 13.2. The molecule has 0 unspecified atom stereocenters. The minimum Gasteiger partial charge on any atom is -0.391 e. The Balaban J connectivity index is 1.89. The van der Waals surface area contributed by atoms with Gasteiger partial charge in [0, 0.05) is 44.7 Å². The monoisotopic (exact) mass is 367 g/mol. The van der Waals surface area contributed by atoms with Gasteiger partial charge in [-0.2, -0.15) is 4.31 Å². The van der Waals surface area contributed by atoms with E-state index in [1.807, 2.05) is 13.0 Å². The van der Waals surface area contributed by atoms with Crippen LogP contribution in [0.1, 0.15) is 24.0 Å². The highest BCUT2D eigenvalue weighted by Crippen LogP contribution is 2.35. The number of aryl methyl sites for hydroxylation is 1. The molecule has 2 heterocycles. The van der Waals surface area contributed by atoms with Crippen LogP contribution in [0.4, 0.5) is 5.69 Å². The number of amides is 1. The van der Waals surface area contributed by atoms with E-state index in [1.165, 1.54) is 11.4 Å². The number of aliphatic hydroxyl groups excluding tert-OH is 1. The van der Waals surface area contributed by atoms with E-state index in [4.69, 9.17) is 0 Å². The summed E-state index contributed by atoms with van der Waals surface area (Å²) in [5.74, 6) is -0.575. The second-order valence-electron chi connectivity index (χ2n) is 6.79. The van der Waals surface area contributed by atoms with Crippen LogP contribution in [0.15, 0.2) is 17.0 Å². The lowest BCUT2D eigenvalue weighted by molar-refractivity contribution is -0.122. The van der Waals surface area contributed by atoms with E-state index in [0.717, 1.165) is 36.2 Å². The molecule has 0 bridgehead atoms. The summed E-state index contributed by atoms with van der Waals surface area (Å²) < 4.78 is 27.6. The van der Waals surface area contributed by atoms with Gasteiger partial charge >= 0.3 is 0 Å². The van der Waals surface area contributed by atoms with Crippen molar-refractivity contribution in [3.63, 3.8) is 0 Å². The molecule has 0 radical (unpaired) electrons. The van der Waals surface area contributed by atoms with Crippen LogP contribution in [0.2, 0.25) is 0 Å². The number of nitrogens with one attached hydrogen (secondary N) is 2. The number of fused-ring (bicyclic) bond motifs is 1. The molecule has 138 valence electrons. The topological polar surface area (TPSA) is 98.7 Å². The van der Waals surface area contributed by atoms with E-state index in [1.54, 1.807) is 6.07 Å². The summed E-state index contributed by atoms with van der Waals surface area (Å²) in [5, 5.41) is 16.0. The van der Waals surface area contributed by atoms with Gasteiger partial charge in [-0.25, -0.2) is 8.42 Å². The molecule has 2 aliphatic rings. The number of nitrogens with zero attached hydrogens (tertiary/aromatic N) is 1. The Morgan fingerprint density at radius 1 is 1.40 bits per heavy atom. The smallest absolute Gasteiger partial charge is 0.243 e. The van der Waals surface area contributed by atoms with E-state index >= 15 is 0 Å². The number of benzene rings is 1. The molecule has 2 atom stereocenters. The summed E-state index contributed by atoms with van der Waals surface area (Å²) in [6.07, 6.45) is 0.904. The Bertz CT molecular complexity index is 778. The third-order valence-electron chi connectivity index (χ3n) is 5.10. The third kappa shape index (κ3) is 3.38. The van der Waals surface area contributed by atoms with E-state index in [0.29, 0.717) is 4.90 Å². The lowest BCUT2D eigenvalue weighted by Crippen LogP contribution is -2.31. The van der Waals surface area contributed by atoms with Crippen molar-refractivity contribution in [2.45, 2.75) is 37.2 Å². The predicted molar refractivity (Wildman–Crippen MR) is 94.9 cm³/mol. The van der Waals surface area contributed by atoms with E-state index in [9.17, 15) is 18.3 Å². The fourth-order valence-corrected chi connectivity index (χ4v) is 5.42. The summed E-state index contributed by atoms with van der Waals surface area (Å²) in [5.41, 5.74) is 2.78. The first-order chi connectivity index (χ1) is 11.8. The molecule has 25 heavy (non-hydrogen) atoms. The van der Waals surface area contributed by atoms with Crippen molar-refractivity contribution in [3.05, 3.63) is 23.3 Å². The molecule has 3 rings (SSSR count). The van der Waals surface area contributed by atoms with Crippen molar-refractivity contribution < 1.29 is 18.3 Å². The molecule has 7 nitrogen and oxygen atoms in total. The highest BCUT2D eigenvalue weighted by atomic mass is 32.2. The first-order valence-corrected chi connectivity index (χ1v) is 10.0. The van der Waals surface area contributed by atoms with Crippen molar-refractivity contribution in [2.24, 2.45) is 5.92 Å². The van der Waals surface area contributed by atoms with Crippen LogP contribution >= 0.6 is 0 Å². The predicted octanol–water partition coefficient (Wildman–Crippen LogP) is 0.471. The van der Waals surface area contributed by atoms with E-state index in [2.05, 4.69) is 10.6 Å². The van der Waals surface area contributed by atoms with Gasteiger partial charge in [0.2, 0.25) is 15.9 Å². The quantitative estimate of drug-likeness (QED) is 0.719. The molecule has 8 heteroatoms. The fraction of sp³-hybridized carbons (Fsp3) is 0.588. The van der Waals surface area contributed by atoms with Gasteiger partial charge in [-0.15, -0.1) is 0 Å². The zero-order valence-electron chi connectivity index (χ0n) is 14.6. The second-order valence-corrected chi connectivity index (χ2v) is 8.70. The SMILES string of the molecule is CNC(=O)C[C@@H]1CN(S(=O)(=O)c2ccc(C)c3c2CCCN3)C[C@H]1O. The zero-order valence-corrected chi connectivity index (χ0v) is 15.4. The van der Waals surface area contributed by atoms with Crippen LogP contribution in [0.3, 0.4) is 0 Å². The second kappa shape index (κ2) is 6.93. The molecule has 0 aromatic heterocycles. The number of hydrogen-bond acceptors (Lipinski definition) is 5. The van der Waals surface area contributed by atoms with Crippen molar-refractivity contribution in [1.29, 1.82) is 0 Å². The molecule has 1 fully saturated rings. The summed E-state index contributed by atoms with van der Waals surface area (Å²) in [4.78, 5) is 11.9. The lowest BCUT2D eigenvalue weighted by Gasteiger charge is -2.25. The number of rotatable bonds is 4. The van der Waals surface area contributed by atoms with Crippen LogP contribution < -0.4 is 10.6 Å². The molecule has 1 aromatic rings. The summed E-state index contributed by atoms with van der Waals surface area (Å²) in [6, 6.07) is 3.48. The average Bonchev–Trinajstić information content (AvgIpc) is 2.96. The molecular formula is C17H25N3O4S. The Morgan fingerprint density at radius 2 is 2.16 bits per heavy atom. The van der Waals surface area contributed by atoms with Gasteiger partial charge in [-0.1, -0.05) is 6.07 Å². The number of sulfonamides is 1. The zero-order chi connectivity index (χ0) is 18.2. The summed E-state index contributed by atoms with van der Waals surface area (Å²) in [7, 11) is -2.17. The number of anilines is 1. The summed E-state index contributed by atoms with van der Waals surface area (Å²) in [6.45, 7) is 2.99. The Labute approximate surface area is 148 Å². The molecule has 0 spiro atoms. The molecule has 0 aliphatic carbocycles. The van der Waals surface area contributed by atoms with Crippen molar-refractivity contribution in [1.82, 2.24) is 9.62 Å². The first-order valence-electron chi connectivity index (χ1n) is 8.59. The lowest BCUT2D eigenvalue weighted by atomic mass is 10.00. The largest absolute Gasteiger partial charge is 0.391 e. The van der Waals surface area contributed by atoms with Crippen LogP contribution in [-0.4, -0.2) is 56.5 Å². The van der Waals surface area contributed by atoms with Crippen molar-refractivity contribution in [3.8, 4) is 0 Å². The molecule has 1 saturated heterocycles. The third-order valence-corrected chi connectivity index (χ3v) is 7.02. The van der Waals surface area contributed by atoms with Gasteiger partial charge in [0.15, 0.2) is 0 Å². The highest BCUT2D eigenvalue weighted by Gasteiger charge is 2.40. The van der Waals surface area contributed by atoms with E-state index in [-0.39, 0.29) is 31.3 Å². The minimum atomic E-state index is -3.70. The fourth-order valence-electron chi connectivity index (χ4n) is 3.65. The number of hydrogen-bond donors (Lipinski definition) is 3. The molecule has 1 aromatic carbocycles. The van der Waals surface area contributed by atoms with Crippen LogP contribution in [0.5, 0.6) is 0 Å². The first kappa shape index (κ1) is 18.2. The van der Waals surface area contributed by atoms with E-state index < -0.39 is 16.1 Å². The number of β-amino-alcohol motifs (C(OH)–C–C–N with tert-alkyl or cyclic N) is 1. The van der Waals surface area contributed by atoms with Crippen LogP contribution in [-0.2, 0) is 21.2 Å². The Hall–Kier alpha value is -1.64. The van der Waals surface area contributed by atoms with Crippen LogP contribution in [0.25, 0.3) is 0 Å². The highest BCUT2D eigenvalue weighted by molar-refractivity contribution is 7.89. The molecule has 3 N–H and O–H groups in total. The maximum absolute atomic E-state index is 13.2. The molecule has 0 saturated carbocycles. The molecule has 2 aliphatic heterocycles. The van der Waals surface area contributed by atoms with Crippen molar-refractivity contribution in [2.75, 3.05) is 32.0 Å². The van der Waals surface area contributed by atoms with Gasteiger partial charge in [0.25, 0.3) is 0 Å². The average molecular weight is 367 g/mol. The standard InChI is InChI=1S/C17H25N3O4S/c1-11-5-6-15(13-4-3-7-19-17(11)13)25(23,24)20-9-12(14(21)10-20)8-16(22)18-2/h5-6,12,14,19,21H,3-4,7-10H2,1-2H3,(H,18,22)/t12-,14-/m1/s1. The van der Waals surface area contributed by atoms with Crippen LogP contribution in [0, 0.1) is 12.8 Å². The van der Waals surface area contributed by atoms with Gasteiger partial charge in [0.05, 0.1) is 11.0 Å². The number of carbonyl (C=O) groups is 1. The summed E-state index contributed by atoms with van der Waals surface area (Å²) >= 11 is 0. The Kier molecular flexibility index (Phi) is 5.04.